The minimum Gasteiger partial charge on any atom is -0.384 e. The van der Waals surface area contributed by atoms with Gasteiger partial charge in [0, 0.05) is 20.8 Å². The van der Waals surface area contributed by atoms with Crippen molar-refractivity contribution in [2.45, 2.75) is 6.54 Å². The quantitative estimate of drug-likeness (QED) is 0.289. The molecule has 0 aromatic carbocycles. The minimum atomic E-state index is -0.857. The minimum absolute atomic E-state index is 0.0451. The zero-order valence-corrected chi connectivity index (χ0v) is 15.2. The van der Waals surface area contributed by atoms with Crippen LogP contribution >= 0.6 is 0 Å². The van der Waals surface area contributed by atoms with Gasteiger partial charge in [-0.15, -0.1) is 0 Å². The fourth-order valence-corrected chi connectivity index (χ4v) is 2.24. The number of aromatic amines is 1. The standard InChI is InChI=1S/C15H25N5O6/c1-19(9-11(22)17-4-6-25-2)8-10(21)12-13(16)20(5-7-26-3)15(24)18-14(12)23/h4-9,16H2,1-3H3,(H,17,22)(H,18,23,24). The fourth-order valence-electron chi connectivity index (χ4n) is 2.24. The molecule has 1 aromatic rings. The molecule has 11 heteroatoms. The fraction of sp³-hybridized carbons (Fsp3) is 0.600. The van der Waals surface area contributed by atoms with E-state index in [1.54, 1.807) is 7.05 Å². The van der Waals surface area contributed by atoms with Crippen molar-refractivity contribution in [2.24, 2.45) is 0 Å². The Labute approximate surface area is 150 Å². The highest BCUT2D eigenvalue weighted by atomic mass is 16.5. The number of rotatable bonds is 11. The number of aromatic nitrogens is 2. The molecule has 146 valence electrons. The Kier molecular flexibility index (Phi) is 8.68. The number of ether oxygens (including phenoxy) is 2. The van der Waals surface area contributed by atoms with Crippen LogP contribution in [0.5, 0.6) is 0 Å². The number of carbonyl (C=O) groups excluding carboxylic acids is 2. The van der Waals surface area contributed by atoms with E-state index in [0.29, 0.717) is 13.2 Å². The van der Waals surface area contributed by atoms with Crippen LogP contribution in [0.4, 0.5) is 5.82 Å². The lowest BCUT2D eigenvalue weighted by atomic mass is 10.2. The predicted molar refractivity (Wildman–Crippen MR) is 94.3 cm³/mol. The van der Waals surface area contributed by atoms with E-state index in [2.05, 4.69) is 10.3 Å². The maximum atomic E-state index is 12.4. The summed E-state index contributed by atoms with van der Waals surface area (Å²) in [6, 6.07) is 0. The first kappa shape index (κ1) is 21.5. The molecule has 0 aliphatic carbocycles. The Morgan fingerprint density at radius 1 is 1.19 bits per heavy atom. The number of likely N-dealkylation sites (N-methyl/N-ethyl adjacent to an activating group) is 1. The average Bonchev–Trinajstić information content (AvgIpc) is 2.54. The van der Waals surface area contributed by atoms with Crippen molar-refractivity contribution < 1.29 is 19.1 Å². The second-order valence-electron chi connectivity index (χ2n) is 5.60. The summed E-state index contributed by atoms with van der Waals surface area (Å²) in [6.07, 6.45) is 0. The summed E-state index contributed by atoms with van der Waals surface area (Å²) in [5.74, 6) is -1.11. The molecule has 0 atom stereocenters. The number of carbonyl (C=O) groups is 2. The summed E-state index contributed by atoms with van der Waals surface area (Å²) in [7, 11) is 4.52. The third kappa shape index (κ3) is 6.10. The predicted octanol–water partition coefficient (Wildman–Crippen LogP) is -2.36. The lowest BCUT2D eigenvalue weighted by molar-refractivity contribution is -0.122. The highest BCUT2D eigenvalue weighted by Gasteiger charge is 2.21. The molecule has 1 heterocycles. The van der Waals surface area contributed by atoms with Gasteiger partial charge >= 0.3 is 5.69 Å². The van der Waals surface area contributed by atoms with Crippen LogP contribution in [0.1, 0.15) is 10.4 Å². The Morgan fingerprint density at radius 2 is 1.85 bits per heavy atom. The lowest BCUT2D eigenvalue weighted by Gasteiger charge is -2.16. The molecule has 1 aromatic heterocycles. The van der Waals surface area contributed by atoms with E-state index in [1.165, 1.54) is 19.1 Å². The highest BCUT2D eigenvalue weighted by Crippen LogP contribution is 2.06. The zero-order valence-electron chi connectivity index (χ0n) is 15.2. The lowest BCUT2D eigenvalue weighted by Crippen LogP contribution is -2.41. The maximum Gasteiger partial charge on any atom is 0.330 e. The van der Waals surface area contributed by atoms with Crippen LogP contribution < -0.4 is 22.3 Å². The smallest absolute Gasteiger partial charge is 0.330 e. The van der Waals surface area contributed by atoms with Gasteiger partial charge in [-0.2, -0.15) is 0 Å². The number of amides is 1. The number of H-pyrrole nitrogens is 1. The van der Waals surface area contributed by atoms with Gasteiger partial charge in [0.1, 0.15) is 11.4 Å². The van der Waals surface area contributed by atoms with Crippen LogP contribution in [0.3, 0.4) is 0 Å². The maximum absolute atomic E-state index is 12.4. The summed E-state index contributed by atoms with van der Waals surface area (Å²) >= 11 is 0. The summed E-state index contributed by atoms with van der Waals surface area (Å²) in [5, 5.41) is 2.62. The van der Waals surface area contributed by atoms with Crippen LogP contribution in [0, 0.1) is 0 Å². The molecular formula is C15H25N5O6. The molecule has 0 aliphatic heterocycles. The Hall–Kier alpha value is -2.50. The highest BCUT2D eigenvalue weighted by molar-refractivity contribution is 6.01. The van der Waals surface area contributed by atoms with Crippen molar-refractivity contribution in [2.75, 3.05) is 59.8 Å². The van der Waals surface area contributed by atoms with Crippen molar-refractivity contribution in [1.29, 1.82) is 0 Å². The Bertz CT molecular complexity index is 741. The van der Waals surface area contributed by atoms with E-state index in [4.69, 9.17) is 15.2 Å². The number of nitrogens with zero attached hydrogens (tertiary/aromatic N) is 2. The van der Waals surface area contributed by atoms with Crippen molar-refractivity contribution in [3.8, 4) is 0 Å². The molecular weight excluding hydrogens is 346 g/mol. The van der Waals surface area contributed by atoms with Gasteiger partial charge in [0.2, 0.25) is 5.91 Å². The largest absolute Gasteiger partial charge is 0.384 e. The van der Waals surface area contributed by atoms with Crippen molar-refractivity contribution in [1.82, 2.24) is 19.8 Å². The first-order valence-corrected chi connectivity index (χ1v) is 7.90. The number of hydrogen-bond donors (Lipinski definition) is 3. The van der Waals surface area contributed by atoms with Crippen molar-refractivity contribution in [3.05, 3.63) is 26.4 Å². The number of ketones is 1. The SMILES string of the molecule is COCCNC(=O)CN(C)CC(=O)c1c(N)n(CCOC)c(=O)[nH]c1=O. The molecule has 0 radical (unpaired) electrons. The summed E-state index contributed by atoms with van der Waals surface area (Å²) in [5.41, 5.74) is 3.95. The van der Waals surface area contributed by atoms with Crippen LogP contribution in [0.15, 0.2) is 9.59 Å². The van der Waals surface area contributed by atoms with E-state index in [9.17, 15) is 19.2 Å². The molecule has 0 fully saturated rings. The van der Waals surface area contributed by atoms with Crippen LogP contribution in [0.2, 0.25) is 0 Å². The first-order chi connectivity index (χ1) is 12.3. The van der Waals surface area contributed by atoms with Gasteiger partial charge in [-0.05, 0) is 7.05 Å². The third-order valence-electron chi connectivity index (χ3n) is 3.49. The molecule has 0 unspecified atom stereocenters. The van der Waals surface area contributed by atoms with E-state index in [1.807, 2.05) is 0 Å². The van der Waals surface area contributed by atoms with Crippen LogP contribution in [-0.2, 0) is 20.8 Å². The van der Waals surface area contributed by atoms with Gasteiger partial charge in [0.15, 0.2) is 5.78 Å². The average molecular weight is 371 g/mol. The molecule has 26 heavy (non-hydrogen) atoms. The van der Waals surface area contributed by atoms with E-state index in [-0.39, 0.29) is 43.5 Å². The molecule has 1 amide bonds. The number of nitrogen functional groups attached to an aromatic ring is 1. The van der Waals surface area contributed by atoms with Gasteiger partial charge in [-0.3, -0.25) is 28.8 Å². The van der Waals surface area contributed by atoms with E-state index >= 15 is 0 Å². The molecule has 4 N–H and O–H groups in total. The van der Waals surface area contributed by atoms with Crippen molar-refractivity contribution >= 4 is 17.5 Å². The van der Waals surface area contributed by atoms with Crippen LogP contribution in [-0.4, -0.2) is 80.3 Å². The molecule has 0 saturated carbocycles. The Morgan fingerprint density at radius 3 is 2.46 bits per heavy atom. The molecule has 0 spiro atoms. The number of nitrogens with one attached hydrogen (secondary N) is 2. The van der Waals surface area contributed by atoms with Gasteiger partial charge in [0.05, 0.1) is 32.8 Å². The van der Waals surface area contributed by atoms with Crippen molar-refractivity contribution in [3.63, 3.8) is 0 Å². The molecule has 0 saturated heterocycles. The molecule has 0 bridgehead atoms. The second kappa shape index (κ2) is 10.5. The van der Waals surface area contributed by atoms with Gasteiger partial charge in [-0.1, -0.05) is 0 Å². The zero-order chi connectivity index (χ0) is 19.7. The van der Waals surface area contributed by atoms with Gasteiger partial charge < -0.3 is 20.5 Å². The normalized spacial score (nSPS) is 10.9. The monoisotopic (exact) mass is 371 g/mol. The molecule has 0 aliphatic rings. The summed E-state index contributed by atoms with van der Waals surface area (Å²) < 4.78 is 10.8. The van der Waals surface area contributed by atoms with E-state index in [0.717, 1.165) is 4.57 Å². The van der Waals surface area contributed by atoms with Gasteiger partial charge in [-0.25, -0.2) is 4.79 Å². The number of Topliss-reactive ketones (excluding diaryl/α,β-unsaturated/α-hetero) is 1. The third-order valence-corrected chi connectivity index (χ3v) is 3.49. The number of nitrogens with two attached hydrogens (primary N) is 1. The number of anilines is 1. The number of hydrogen-bond acceptors (Lipinski definition) is 8. The molecule has 11 nitrogen and oxygen atoms in total. The Balaban J connectivity index is 2.85. The number of methoxy groups -OCH3 is 2. The molecule has 1 rings (SSSR count). The first-order valence-electron chi connectivity index (χ1n) is 7.90. The van der Waals surface area contributed by atoms with Gasteiger partial charge in [0.25, 0.3) is 5.56 Å². The summed E-state index contributed by atoms with van der Waals surface area (Å²) in [4.78, 5) is 51.5. The van der Waals surface area contributed by atoms with E-state index < -0.39 is 17.0 Å². The topological polar surface area (TPSA) is 149 Å². The van der Waals surface area contributed by atoms with Crippen LogP contribution in [0.25, 0.3) is 0 Å². The summed E-state index contributed by atoms with van der Waals surface area (Å²) in [6.45, 7) is 0.753. The second-order valence-corrected chi connectivity index (χ2v) is 5.60.